The van der Waals surface area contributed by atoms with Gasteiger partial charge in [-0.15, -0.1) is 0 Å². The van der Waals surface area contributed by atoms with Gasteiger partial charge in [0.25, 0.3) is 0 Å². The Bertz CT molecular complexity index is 2990. The highest BCUT2D eigenvalue weighted by Gasteiger charge is 2.47. The van der Waals surface area contributed by atoms with Crippen molar-refractivity contribution in [2.75, 3.05) is 0 Å². The Hall–Kier alpha value is -4.94. The minimum atomic E-state index is -0.102. The lowest BCUT2D eigenvalue weighted by molar-refractivity contribution is 0.372. The zero-order valence-corrected chi connectivity index (χ0v) is 42.6. The molecule has 0 fully saturated rings. The van der Waals surface area contributed by atoms with E-state index >= 15 is 0 Å². The van der Waals surface area contributed by atoms with Crippen LogP contribution in [0.4, 0.5) is 0 Å². The smallest absolute Gasteiger partial charge is 0.0159 e. The Morgan fingerprint density at radius 1 is 0.438 bits per heavy atom. The third kappa shape index (κ3) is 6.58. The normalized spacial score (nSPS) is 17.8. The predicted octanol–water partition coefficient (Wildman–Crippen LogP) is 18.7. The van der Waals surface area contributed by atoms with Crippen LogP contribution in [-0.2, 0) is 27.1 Å². The van der Waals surface area contributed by atoms with Crippen molar-refractivity contribution in [1.82, 2.24) is 0 Å². The van der Waals surface area contributed by atoms with Crippen molar-refractivity contribution in [2.45, 2.75) is 158 Å². The van der Waals surface area contributed by atoms with Crippen LogP contribution in [0.1, 0.15) is 170 Å². The van der Waals surface area contributed by atoms with Gasteiger partial charge in [-0.05, 0) is 169 Å². The van der Waals surface area contributed by atoms with Crippen molar-refractivity contribution >= 4 is 16.3 Å². The third-order valence-electron chi connectivity index (χ3n) is 15.8. The van der Waals surface area contributed by atoms with Gasteiger partial charge in [0.1, 0.15) is 0 Å². The van der Waals surface area contributed by atoms with Crippen LogP contribution in [-0.4, -0.2) is 0 Å². The molecule has 0 saturated heterocycles. The van der Waals surface area contributed by atoms with Crippen molar-refractivity contribution in [3.63, 3.8) is 0 Å². The van der Waals surface area contributed by atoms with Crippen LogP contribution < -0.4 is 0 Å². The lowest BCUT2D eigenvalue weighted by Gasteiger charge is -2.35. The molecule has 10 rings (SSSR count). The van der Waals surface area contributed by atoms with Crippen LogP contribution in [0.5, 0.6) is 0 Å². The van der Waals surface area contributed by atoms with E-state index in [4.69, 9.17) is 0 Å². The fourth-order valence-electron chi connectivity index (χ4n) is 11.7. The van der Waals surface area contributed by atoms with E-state index in [1.54, 1.807) is 5.57 Å². The van der Waals surface area contributed by atoms with Gasteiger partial charge in [0.2, 0.25) is 0 Å². The Balaban J connectivity index is 0.00000256. The zero-order chi connectivity index (χ0) is 46.4. The number of allylic oxidation sites excluding steroid dienone is 4. The fourth-order valence-corrected chi connectivity index (χ4v) is 11.7. The summed E-state index contributed by atoms with van der Waals surface area (Å²) in [5, 5.41) is 2.75. The zero-order valence-electron chi connectivity index (χ0n) is 42.6. The minimum absolute atomic E-state index is 0.0126. The molecule has 4 aliphatic rings. The van der Waals surface area contributed by atoms with Crippen molar-refractivity contribution in [3.8, 4) is 55.6 Å². The van der Waals surface area contributed by atoms with Crippen LogP contribution in [0.25, 0.3) is 72.0 Å². The second-order valence-electron chi connectivity index (χ2n) is 24.7. The first kappa shape index (κ1) is 44.3. The fraction of sp³-hybridized carbons (Fsp3) is 0.406. The van der Waals surface area contributed by atoms with E-state index in [0.29, 0.717) is 5.92 Å². The summed E-state index contributed by atoms with van der Waals surface area (Å²) in [6.07, 6.45) is 6.07. The van der Waals surface area contributed by atoms with Gasteiger partial charge >= 0.3 is 0 Å². The average molecular weight is 843 g/mol. The van der Waals surface area contributed by atoms with E-state index in [-0.39, 0.29) is 32.5 Å². The molecule has 4 aliphatic carbocycles. The van der Waals surface area contributed by atoms with Crippen LogP contribution in [0.2, 0.25) is 0 Å². The molecule has 0 heteroatoms. The molecule has 0 aliphatic heterocycles. The Kier molecular flexibility index (Phi) is 9.88. The van der Waals surface area contributed by atoms with Crippen molar-refractivity contribution in [1.29, 1.82) is 0 Å². The van der Waals surface area contributed by atoms with E-state index in [1.165, 1.54) is 111 Å². The molecule has 0 aromatic heterocycles. The molecule has 0 N–H and O–H groups in total. The van der Waals surface area contributed by atoms with E-state index in [1.807, 2.05) is 13.8 Å². The van der Waals surface area contributed by atoms with Gasteiger partial charge in [-0.2, -0.15) is 0 Å². The topological polar surface area (TPSA) is 0 Å². The largest absolute Gasteiger partial charge is 0.0683 e. The second-order valence-corrected chi connectivity index (χ2v) is 24.7. The summed E-state index contributed by atoms with van der Waals surface area (Å²) in [6.45, 7) is 42.2. The first-order valence-electron chi connectivity index (χ1n) is 24.4. The molecule has 330 valence electrons. The van der Waals surface area contributed by atoms with Gasteiger partial charge in [-0.25, -0.2) is 0 Å². The number of hydrogen-bond donors (Lipinski definition) is 0. The summed E-state index contributed by atoms with van der Waals surface area (Å²) in [7, 11) is 0. The van der Waals surface area contributed by atoms with E-state index in [9.17, 15) is 0 Å². The van der Waals surface area contributed by atoms with Crippen LogP contribution in [0, 0.1) is 11.3 Å². The Labute approximate surface area is 387 Å². The molecule has 0 nitrogen and oxygen atoms in total. The molecular formula is C64H74. The van der Waals surface area contributed by atoms with Gasteiger partial charge in [0.15, 0.2) is 0 Å². The summed E-state index contributed by atoms with van der Waals surface area (Å²) in [6, 6.07) is 36.8. The maximum Gasteiger partial charge on any atom is 0.0159 e. The van der Waals surface area contributed by atoms with Gasteiger partial charge < -0.3 is 0 Å². The quantitative estimate of drug-likeness (QED) is 0.163. The highest BCUT2D eigenvalue weighted by atomic mass is 14.5. The van der Waals surface area contributed by atoms with Gasteiger partial charge in [0.05, 0.1) is 0 Å². The highest BCUT2D eigenvalue weighted by molar-refractivity contribution is 6.19. The molecule has 6 aromatic rings. The molecule has 0 heterocycles. The van der Waals surface area contributed by atoms with Gasteiger partial charge in [-0.3, -0.25) is 0 Å². The summed E-state index contributed by atoms with van der Waals surface area (Å²) in [5.41, 5.74) is 27.0. The van der Waals surface area contributed by atoms with E-state index in [2.05, 4.69) is 214 Å². The average Bonchev–Trinajstić information content (AvgIpc) is 3.76. The number of benzene rings is 6. The number of fused-ring (bicyclic) bond motifs is 9. The summed E-state index contributed by atoms with van der Waals surface area (Å²) >= 11 is 0. The molecule has 6 aromatic carbocycles. The number of rotatable bonds is 2. The minimum Gasteiger partial charge on any atom is -0.0683 e. The van der Waals surface area contributed by atoms with Crippen LogP contribution in [0.15, 0.2) is 109 Å². The summed E-state index contributed by atoms with van der Waals surface area (Å²) < 4.78 is 0. The monoisotopic (exact) mass is 843 g/mol. The van der Waals surface area contributed by atoms with Gasteiger partial charge in [-0.1, -0.05) is 215 Å². The molecule has 0 amide bonds. The number of hydrogen-bond acceptors (Lipinski definition) is 0. The second kappa shape index (κ2) is 14.3. The Morgan fingerprint density at radius 2 is 1.00 bits per heavy atom. The molecule has 0 spiro atoms. The first-order valence-corrected chi connectivity index (χ1v) is 24.4. The molecule has 0 bridgehead atoms. The van der Waals surface area contributed by atoms with Crippen molar-refractivity contribution in [2.24, 2.45) is 11.3 Å². The van der Waals surface area contributed by atoms with Crippen molar-refractivity contribution in [3.05, 3.63) is 148 Å². The van der Waals surface area contributed by atoms with E-state index in [0.717, 1.165) is 6.42 Å². The highest BCUT2D eigenvalue weighted by Crippen LogP contribution is 2.60. The lowest BCUT2D eigenvalue weighted by atomic mass is 9.69. The maximum absolute atomic E-state index is 2.57. The van der Waals surface area contributed by atoms with E-state index < -0.39 is 0 Å². The molecule has 0 saturated carbocycles. The molecule has 64 heavy (non-hydrogen) atoms. The summed E-state index contributed by atoms with van der Waals surface area (Å²) in [5.74, 6) is 0.460. The molecular weight excluding hydrogens is 769 g/mol. The predicted molar refractivity (Wildman–Crippen MR) is 281 cm³/mol. The molecule has 1 unspecified atom stereocenters. The first-order chi connectivity index (χ1) is 29.8. The van der Waals surface area contributed by atoms with Gasteiger partial charge in [0, 0.05) is 5.41 Å². The molecule has 1 atom stereocenters. The lowest BCUT2D eigenvalue weighted by Crippen LogP contribution is -2.27. The van der Waals surface area contributed by atoms with Crippen molar-refractivity contribution < 1.29 is 0 Å². The SMILES string of the molecule is CC.CC(C)(C)C1=CC=C2c3c(-c4ccc5c6c(cccc46)-c4cc(-c6cc(C(C)(C)C)cc7c6-c6ccc(C(C)(C)C)cc6C7(C)C)ccc4-5)cc(C(C)(C)C)cc3C(C)(C)C2C1. The van der Waals surface area contributed by atoms with Crippen LogP contribution in [0.3, 0.4) is 0 Å². The Morgan fingerprint density at radius 3 is 1.64 bits per heavy atom. The third-order valence-corrected chi connectivity index (χ3v) is 15.8. The maximum atomic E-state index is 2.57. The summed E-state index contributed by atoms with van der Waals surface area (Å²) in [4.78, 5) is 0. The van der Waals surface area contributed by atoms with Crippen LogP contribution >= 0.6 is 0 Å². The molecule has 0 radical (unpaired) electrons. The standard InChI is InChI=1S/C62H68.C2H6/c1-57(2,3)36-21-24-45-50(31-36)61(13,14)52-33-38(59(7,8)9)29-47(55(45)52)35-20-23-40-44-27-26-41(42-18-17-19-43(54(42)44)48(40)28-35)49-30-39(60(10,11)12)34-53-56(49)46-25-22-37(58(4,5)6)32-51(46)62(53,15)16;1-2/h17-31,33-34,51H,32H2,1-16H3;1-2H3.